The molecule has 0 spiro atoms. The monoisotopic (exact) mass is 269 g/mol. The van der Waals surface area contributed by atoms with E-state index in [0.29, 0.717) is 0 Å². The first-order valence-electron chi connectivity index (χ1n) is 6.34. The molecule has 1 aliphatic carbocycles. The number of hydrogen-bond donors (Lipinski definition) is 1. The topological polar surface area (TPSA) is 26.0 Å². The predicted octanol–water partition coefficient (Wildman–Crippen LogP) is 4.64. The molecule has 17 heavy (non-hydrogen) atoms. The Morgan fingerprint density at radius 2 is 2.12 bits per heavy atom. The molecule has 1 nitrogen and oxygen atoms in total. The number of thioether (sulfide) groups is 1. The second-order valence-electron chi connectivity index (χ2n) is 4.93. The minimum atomic E-state index is 0.0105. The third-order valence-electron chi connectivity index (χ3n) is 3.42. The Morgan fingerprint density at radius 3 is 2.71 bits per heavy atom. The minimum Gasteiger partial charge on any atom is -0.324 e. The Labute approximate surface area is 113 Å². The molecule has 1 aromatic carbocycles. The summed E-state index contributed by atoms with van der Waals surface area (Å²) in [6.45, 7) is 1.96. The summed E-state index contributed by atoms with van der Waals surface area (Å²) in [5.74, 6) is 2.14. The molecule has 3 heteroatoms. The lowest BCUT2D eigenvalue weighted by molar-refractivity contribution is 0.623. The first-order valence-corrected chi connectivity index (χ1v) is 7.71. The van der Waals surface area contributed by atoms with E-state index in [1.54, 1.807) is 0 Å². The van der Waals surface area contributed by atoms with Crippen molar-refractivity contribution in [2.24, 2.45) is 11.7 Å². The summed E-state index contributed by atoms with van der Waals surface area (Å²) in [6, 6.07) is 6.27. The van der Waals surface area contributed by atoms with Gasteiger partial charge in [-0.1, -0.05) is 30.5 Å². The van der Waals surface area contributed by atoms with Crippen molar-refractivity contribution < 1.29 is 0 Å². The molecular weight excluding hydrogens is 250 g/mol. The molecule has 2 N–H and O–H groups in total. The lowest BCUT2D eigenvalue weighted by atomic mass is 10.1. The van der Waals surface area contributed by atoms with E-state index in [0.717, 1.165) is 16.5 Å². The van der Waals surface area contributed by atoms with Crippen LogP contribution in [0.25, 0.3) is 0 Å². The van der Waals surface area contributed by atoms with Crippen LogP contribution in [0.3, 0.4) is 0 Å². The van der Waals surface area contributed by atoms with Gasteiger partial charge in [0.25, 0.3) is 0 Å². The first kappa shape index (κ1) is 13.3. The predicted molar refractivity (Wildman–Crippen MR) is 76.7 cm³/mol. The molecule has 1 unspecified atom stereocenters. The van der Waals surface area contributed by atoms with Gasteiger partial charge in [-0.3, -0.25) is 0 Å². The summed E-state index contributed by atoms with van der Waals surface area (Å²) in [5.41, 5.74) is 6.89. The van der Waals surface area contributed by atoms with E-state index in [2.05, 4.69) is 18.2 Å². The van der Waals surface area contributed by atoms with E-state index in [4.69, 9.17) is 17.3 Å². The van der Waals surface area contributed by atoms with Gasteiger partial charge in [-0.05, 0) is 43.4 Å². The van der Waals surface area contributed by atoms with Gasteiger partial charge in [-0.2, -0.15) is 0 Å². The average Bonchev–Trinajstić information content (AvgIpc) is 2.78. The molecule has 2 rings (SSSR count). The van der Waals surface area contributed by atoms with Crippen molar-refractivity contribution in [1.29, 1.82) is 0 Å². The largest absolute Gasteiger partial charge is 0.324 e. The SMILES string of the molecule is CC(N)c1ccc(SCC2CCCC2)cc1Cl. The van der Waals surface area contributed by atoms with Crippen LogP contribution in [0.5, 0.6) is 0 Å². The number of nitrogens with two attached hydrogens (primary N) is 1. The smallest absolute Gasteiger partial charge is 0.0464 e. The van der Waals surface area contributed by atoms with Crippen LogP contribution >= 0.6 is 23.4 Å². The van der Waals surface area contributed by atoms with E-state index >= 15 is 0 Å². The van der Waals surface area contributed by atoms with Crippen LogP contribution in [0.2, 0.25) is 5.02 Å². The van der Waals surface area contributed by atoms with E-state index < -0.39 is 0 Å². The Kier molecular flexibility index (Phi) is 4.78. The molecule has 0 bridgehead atoms. The van der Waals surface area contributed by atoms with Crippen LogP contribution in [0, 0.1) is 5.92 Å². The lowest BCUT2D eigenvalue weighted by Crippen LogP contribution is -2.05. The number of hydrogen-bond acceptors (Lipinski definition) is 2. The zero-order chi connectivity index (χ0) is 12.3. The van der Waals surface area contributed by atoms with Gasteiger partial charge in [0.2, 0.25) is 0 Å². The van der Waals surface area contributed by atoms with Crippen molar-refractivity contribution in [3.8, 4) is 0 Å². The normalized spacial score (nSPS) is 18.5. The van der Waals surface area contributed by atoms with Crippen LogP contribution in [-0.2, 0) is 0 Å². The fourth-order valence-corrected chi connectivity index (χ4v) is 3.90. The molecule has 0 radical (unpaired) electrons. The van der Waals surface area contributed by atoms with Crippen molar-refractivity contribution in [3.63, 3.8) is 0 Å². The minimum absolute atomic E-state index is 0.0105. The van der Waals surface area contributed by atoms with E-state index in [-0.39, 0.29) is 6.04 Å². The highest BCUT2D eigenvalue weighted by Crippen LogP contribution is 2.33. The van der Waals surface area contributed by atoms with Crippen LogP contribution in [-0.4, -0.2) is 5.75 Å². The summed E-state index contributed by atoms with van der Waals surface area (Å²) in [6.07, 6.45) is 5.63. The molecule has 1 atom stereocenters. The van der Waals surface area contributed by atoms with Crippen molar-refractivity contribution in [3.05, 3.63) is 28.8 Å². The fourth-order valence-electron chi connectivity index (χ4n) is 2.36. The second kappa shape index (κ2) is 6.12. The lowest BCUT2D eigenvalue weighted by Gasteiger charge is -2.11. The van der Waals surface area contributed by atoms with Crippen LogP contribution in [0.1, 0.15) is 44.2 Å². The summed E-state index contributed by atoms with van der Waals surface area (Å²) in [7, 11) is 0. The van der Waals surface area contributed by atoms with Gasteiger partial charge in [0, 0.05) is 21.7 Å². The van der Waals surface area contributed by atoms with Gasteiger partial charge >= 0.3 is 0 Å². The van der Waals surface area contributed by atoms with Gasteiger partial charge in [0.15, 0.2) is 0 Å². The van der Waals surface area contributed by atoms with E-state index in [1.807, 2.05) is 18.7 Å². The van der Waals surface area contributed by atoms with Crippen LogP contribution < -0.4 is 5.73 Å². The van der Waals surface area contributed by atoms with Gasteiger partial charge in [0.05, 0.1) is 0 Å². The Balaban J connectivity index is 1.94. The Bertz CT molecular complexity index is 372. The zero-order valence-corrected chi connectivity index (χ0v) is 11.9. The van der Waals surface area contributed by atoms with Crippen LogP contribution in [0.15, 0.2) is 23.1 Å². The van der Waals surface area contributed by atoms with Gasteiger partial charge in [0.1, 0.15) is 0 Å². The second-order valence-corrected chi connectivity index (χ2v) is 6.43. The summed E-state index contributed by atoms with van der Waals surface area (Å²) in [4.78, 5) is 1.27. The first-order chi connectivity index (χ1) is 8.16. The number of rotatable bonds is 4. The number of benzene rings is 1. The maximum absolute atomic E-state index is 6.23. The molecule has 1 fully saturated rings. The fraction of sp³-hybridized carbons (Fsp3) is 0.571. The van der Waals surface area contributed by atoms with Crippen molar-refractivity contribution >= 4 is 23.4 Å². The molecule has 1 aromatic rings. The van der Waals surface area contributed by atoms with Crippen molar-refractivity contribution in [1.82, 2.24) is 0 Å². The Morgan fingerprint density at radius 1 is 1.41 bits per heavy atom. The maximum atomic E-state index is 6.23. The highest BCUT2D eigenvalue weighted by Gasteiger charge is 2.15. The van der Waals surface area contributed by atoms with Crippen LogP contribution in [0.4, 0.5) is 0 Å². The average molecular weight is 270 g/mol. The van der Waals surface area contributed by atoms with E-state index in [1.165, 1.54) is 36.3 Å². The molecule has 94 valence electrons. The van der Waals surface area contributed by atoms with Crippen molar-refractivity contribution in [2.75, 3.05) is 5.75 Å². The van der Waals surface area contributed by atoms with Gasteiger partial charge in [-0.15, -0.1) is 11.8 Å². The summed E-state index contributed by atoms with van der Waals surface area (Å²) >= 11 is 8.15. The summed E-state index contributed by atoms with van der Waals surface area (Å²) < 4.78 is 0. The van der Waals surface area contributed by atoms with Gasteiger partial charge in [-0.25, -0.2) is 0 Å². The molecule has 1 aliphatic rings. The van der Waals surface area contributed by atoms with Gasteiger partial charge < -0.3 is 5.73 Å². The number of halogens is 1. The molecule has 0 amide bonds. The molecule has 0 heterocycles. The molecule has 1 saturated carbocycles. The molecular formula is C14H20ClNS. The maximum Gasteiger partial charge on any atom is 0.0464 e. The molecule has 0 aliphatic heterocycles. The quantitative estimate of drug-likeness (QED) is 0.806. The third kappa shape index (κ3) is 3.64. The molecule has 0 aromatic heterocycles. The van der Waals surface area contributed by atoms with E-state index in [9.17, 15) is 0 Å². The summed E-state index contributed by atoms with van der Waals surface area (Å²) in [5, 5.41) is 0.802. The highest BCUT2D eigenvalue weighted by atomic mass is 35.5. The molecule has 0 saturated heterocycles. The highest BCUT2D eigenvalue weighted by molar-refractivity contribution is 7.99. The van der Waals surface area contributed by atoms with Crippen molar-refractivity contribution in [2.45, 2.75) is 43.5 Å². The standard InChI is InChI=1S/C14H20ClNS/c1-10(16)13-7-6-12(8-14(13)15)17-9-11-4-2-3-5-11/h6-8,10-11H,2-5,9,16H2,1H3. The zero-order valence-electron chi connectivity index (χ0n) is 10.3. The Hall–Kier alpha value is -0.180. The third-order valence-corrected chi connectivity index (χ3v) is 4.98.